The minimum absolute atomic E-state index is 0.261. The number of hydrogen-bond acceptors (Lipinski definition) is 4. The van der Waals surface area contributed by atoms with Crippen molar-refractivity contribution in [3.8, 4) is 5.75 Å². The van der Waals surface area contributed by atoms with Crippen molar-refractivity contribution in [3.63, 3.8) is 0 Å². The summed E-state index contributed by atoms with van der Waals surface area (Å²) in [5.74, 6) is -0.114. The predicted molar refractivity (Wildman–Crippen MR) is 92.5 cm³/mol. The number of methoxy groups -OCH3 is 1. The molecule has 2 aromatic rings. The maximum atomic E-state index is 12.3. The van der Waals surface area contributed by atoms with E-state index in [-0.39, 0.29) is 12.5 Å². The lowest BCUT2D eigenvalue weighted by molar-refractivity contribution is -0.121. The molecule has 0 aromatic heterocycles. The fraction of sp³-hybridized carbons (Fsp3) is 0.263. The van der Waals surface area contributed by atoms with Gasteiger partial charge in [0.15, 0.2) is 6.61 Å². The first-order valence-electron chi connectivity index (χ1n) is 7.74. The van der Waals surface area contributed by atoms with E-state index in [4.69, 9.17) is 9.47 Å². The lowest BCUT2D eigenvalue weighted by Gasteiger charge is -2.20. The van der Waals surface area contributed by atoms with Crippen LogP contribution in [0, 0.1) is 6.92 Å². The molecule has 0 N–H and O–H groups in total. The average molecular weight is 327 g/mol. The van der Waals surface area contributed by atoms with Gasteiger partial charge in [0, 0.05) is 12.2 Å². The second-order valence-corrected chi connectivity index (χ2v) is 5.23. The molecule has 0 radical (unpaired) electrons. The fourth-order valence-electron chi connectivity index (χ4n) is 2.39. The van der Waals surface area contributed by atoms with Gasteiger partial charge in [0.05, 0.1) is 12.7 Å². The molecule has 0 spiro atoms. The Morgan fingerprint density at radius 3 is 2.38 bits per heavy atom. The summed E-state index contributed by atoms with van der Waals surface area (Å²) in [5.41, 5.74) is 1.94. The lowest BCUT2D eigenvalue weighted by Crippen LogP contribution is -2.34. The zero-order valence-electron chi connectivity index (χ0n) is 14.1. The van der Waals surface area contributed by atoms with Gasteiger partial charge in [-0.2, -0.15) is 0 Å². The Hall–Kier alpha value is -2.82. The summed E-state index contributed by atoms with van der Waals surface area (Å²) in [5, 5.41) is 0. The molecule has 0 unspecified atom stereocenters. The van der Waals surface area contributed by atoms with Crippen molar-refractivity contribution in [1.82, 2.24) is 0 Å². The van der Waals surface area contributed by atoms with Gasteiger partial charge in [0.2, 0.25) is 0 Å². The Bertz CT molecular complexity index is 713. The minimum atomic E-state index is -0.521. The smallest absolute Gasteiger partial charge is 0.338 e. The van der Waals surface area contributed by atoms with Crippen LogP contribution in [0.5, 0.6) is 5.75 Å². The summed E-state index contributed by atoms with van der Waals surface area (Å²) in [7, 11) is 1.56. The van der Waals surface area contributed by atoms with Gasteiger partial charge in [-0.15, -0.1) is 0 Å². The van der Waals surface area contributed by atoms with Gasteiger partial charge in [-0.25, -0.2) is 4.79 Å². The third-order valence-corrected chi connectivity index (χ3v) is 3.67. The Kier molecular flexibility index (Phi) is 5.95. The van der Waals surface area contributed by atoms with Gasteiger partial charge in [-0.05, 0) is 49.7 Å². The van der Waals surface area contributed by atoms with Crippen LogP contribution < -0.4 is 9.64 Å². The molecule has 126 valence electrons. The molecule has 1 amide bonds. The number of rotatable bonds is 6. The zero-order valence-corrected chi connectivity index (χ0v) is 14.1. The third kappa shape index (κ3) is 4.13. The summed E-state index contributed by atoms with van der Waals surface area (Å²) in [6.45, 7) is 3.87. The van der Waals surface area contributed by atoms with Gasteiger partial charge in [0.1, 0.15) is 5.75 Å². The van der Waals surface area contributed by atoms with Crippen LogP contribution in [0.3, 0.4) is 0 Å². The molecule has 24 heavy (non-hydrogen) atoms. The first kappa shape index (κ1) is 17.5. The van der Waals surface area contributed by atoms with Crippen LogP contribution in [0.15, 0.2) is 48.5 Å². The van der Waals surface area contributed by atoms with E-state index < -0.39 is 5.97 Å². The number of anilines is 1. The average Bonchev–Trinajstić information content (AvgIpc) is 2.61. The van der Waals surface area contributed by atoms with Gasteiger partial charge >= 0.3 is 5.97 Å². The molecule has 2 rings (SSSR count). The molecule has 0 saturated carbocycles. The molecule has 0 aliphatic rings. The standard InChI is InChI=1S/C19H21NO4/c1-4-20(15-8-6-5-7-9-15)18(21)13-24-19(22)17-11-10-16(23-3)12-14(17)2/h5-12H,4,13H2,1-3H3. The van der Waals surface area contributed by atoms with Crippen molar-refractivity contribution in [2.45, 2.75) is 13.8 Å². The number of carbonyl (C=O) groups is 2. The molecule has 5 nitrogen and oxygen atoms in total. The maximum Gasteiger partial charge on any atom is 0.338 e. The van der Waals surface area contributed by atoms with Crippen LogP contribution in [0.4, 0.5) is 5.69 Å². The number of aryl methyl sites for hydroxylation is 1. The molecule has 2 aromatic carbocycles. The van der Waals surface area contributed by atoms with E-state index in [1.165, 1.54) is 0 Å². The van der Waals surface area contributed by atoms with Crippen molar-refractivity contribution < 1.29 is 19.1 Å². The van der Waals surface area contributed by atoms with Crippen LogP contribution in [0.25, 0.3) is 0 Å². The Balaban J connectivity index is 2.01. The minimum Gasteiger partial charge on any atom is -0.497 e. The lowest BCUT2D eigenvalue weighted by atomic mass is 10.1. The highest BCUT2D eigenvalue weighted by Crippen LogP contribution is 2.18. The number of amides is 1. The van der Waals surface area contributed by atoms with Gasteiger partial charge in [-0.3, -0.25) is 4.79 Å². The van der Waals surface area contributed by atoms with E-state index in [9.17, 15) is 9.59 Å². The highest BCUT2D eigenvalue weighted by atomic mass is 16.5. The van der Waals surface area contributed by atoms with Crippen molar-refractivity contribution in [3.05, 3.63) is 59.7 Å². The number of hydrogen-bond donors (Lipinski definition) is 0. The first-order chi connectivity index (χ1) is 11.6. The topological polar surface area (TPSA) is 55.8 Å². The predicted octanol–water partition coefficient (Wildman–Crippen LogP) is 3.21. The van der Waals surface area contributed by atoms with E-state index in [1.54, 1.807) is 37.1 Å². The second-order valence-electron chi connectivity index (χ2n) is 5.23. The number of carbonyl (C=O) groups excluding carboxylic acids is 2. The van der Waals surface area contributed by atoms with Crippen LogP contribution >= 0.6 is 0 Å². The zero-order chi connectivity index (χ0) is 17.5. The van der Waals surface area contributed by atoms with E-state index in [1.807, 2.05) is 37.3 Å². The third-order valence-electron chi connectivity index (χ3n) is 3.67. The summed E-state index contributed by atoms with van der Waals surface area (Å²) in [6, 6.07) is 14.4. The highest BCUT2D eigenvalue weighted by molar-refractivity contribution is 5.97. The SMILES string of the molecule is CCN(C(=O)COC(=O)c1ccc(OC)cc1C)c1ccccc1. The van der Waals surface area contributed by atoms with E-state index in [2.05, 4.69) is 0 Å². The van der Waals surface area contributed by atoms with Crippen LogP contribution in [0.2, 0.25) is 0 Å². The largest absolute Gasteiger partial charge is 0.497 e. The number of esters is 1. The summed E-state index contributed by atoms with van der Waals surface area (Å²) in [6.07, 6.45) is 0. The summed E-state index contributed by atoms with van der Waals surface area (Å²) < 4.78 is 10.3. The molecule has 0 aliphatic heterocycles. The van der Waals surface area contributed by atoms with Crippen LogP contribution in [-0.4, -0.2) is 32.1 Å². The molecule has 0 bridgehead atoms. The van der Waals surface area contributed by atoms with Crippen LogP contribution in [-0.2, 0) is 9.53 Å². The molecular formula is C19H21NO4. The first-order valence-corrected chi connectivity index (χ1v) is 7.74. The van der Waals surface area contributed by atoms with Crippen molar-refractivity contribution in [1.29, 1.82) is 0 Å². The monoisotopic (exact) mass is 327 g/mol. The number of benzene rings is 2. The summed E-state index contributed by atoms with van der Waals surface area (Å²) in [4.78, 5) is 26.1. The second kappa shape index (κ2) is 8.15. The van der Waals surface area contributed by atoms with E-state index in [0.29, 0.717) is 17.9 Å². The van der Waals surface area contributed by atoms with E-state index in [0.717, 1.165) is 11.3 Å². The molecule has 0 atom stereocenters. The fourth-order valence-corrected chi connectivity index (χ4v) is 2.39. The van der Waals surface area contributed by atoms with Crippen molar-refractivity contribution >= 4 is 17.6 Å². The van der Waals surface area contributed by atoms with Crippen molar-refractivity contribution in [2.75, 3.05) is 25.2 Å². The molecule has 0 fully saturated rings. The van der Waals surface area contributed by atoms with Crippen LogP contribution in [0.1, 0.15) is 22.8 Å². The van der Waals surface area contributed by atoms with Gasteiger partial charge in [0.25, 0.3) is 5.91 Å². The molecule has 0 heterocycles. The van der Waals surface area contributed by atoms with Gasteiger partial charge < -0.3 is 14.4 Å². The van der Waals surface area contributed by atoms with E-state index >= 15 is 0 Å². The number of para-hydroxylation sites is 1. The van der Waals surface area contributed by atoms with Gasteiger partial charge in [-0.1, -0.05) is 18.2 Å². The Morgan fingerprint density at radius 2 is 1.79 bits per heavy atom. The number of ether oxygens (including phenoxy) is 2. The Labute approximate surface area is 141 Å². The highest BCUT2D eigenvalue weighted by Gasteiger charge is 2.17. The molecular weight excluding hydrogens is 306 g/mol. The number of nitrogens with zero attached hydrogens (tertiary/aromatic N) is 1. The molecule has 0 saturated heterocycles. The Morgan fingerprint density at radius 1 is 1.08 bits per heavy atom. The molecule has 5 heteroatoms. The quantitative estimate of drug-likeness (QED) is 0.765. The maximum absolute atomic E-state index is 12.3. The number of likely N-dealkylation sites (N-methyl/N-ethyl adjacent to an activating group) is 1. The molecule has 0 aliphatic carbocycles. The normalized spacial score (nSPS) is 10.1. The van der Waals surface area contributed by atoms with Crippen molar-refractivity contribution in [2.24, 2.45) is 0 Å². The summed E-state index contributed by atoms with van der Waals surface area (Å²) >= 11 is 0.